The van der Waals surface area contributed by atoms with E-state index < -0.39 is 11.9 Å². The average molecular weight is 315 g/mol. The van der Waals surface area contributed by atoms with Gasteiger partial charge in [-0.2, -0.15) is 5.10 Å². The number of rotatable bonds is 4. The molecule has 1 amide bonds. The third-order valence-electron chi connectivity index (χ3n) is 3.25. The van der Waals surface area contributed by atoms with Crippen LogP contribution in [0.3, 0.4) is 0 Å². The highest BCUT2D eigenvalue weighted by atomic mass is 16.4. The molecule has 0 atom stereocenters. The average Bonchev–Trinajstić information content (AvgIpc) is 3.03. The van der Waals surface area contributed by atoms with Gasteiger partial charge in [-0.1, -0.05) is 6.07 Å². The lowest BCUT2D eigenvalue weighted by Crippen LogP contribution is -2.18. The van der Waals surface area contributed by atoms with Crippen molar-refractivity contribution in [3.63, 3.8) is 0 Å². The lowest BCUT2D eigenvalue weighted by Gasteiger charge is -2.06. The molecule has 0 radical (unpaired) electrons. The van der Waals surface area contributed by atoms with Crippen LogP contribution < -0.4 is 5.32 Å². The van der Waals surface area contributed by atoms with Crippen molar-refractivity contribution in [2.24, 2.45) is 0 Å². The molecule has 8 nitrogen and oxygen atoms in total. The molecule has 1 aromatic carbocycles. The van der Waals surface area contributed by atoms with Crippen molar-refractivity contribution in [1.29, 1.82) is 0 Å². The zero-order valence-electron chi connectivity index (χ0n) is 12.1. The van der Waals surface area contributed by atoms with E-state index in [-0.39, 0.29) is 23.7 Å². The number of furan rings is 1. The normalized spacial score (nSPS) is 10.8. The number of aromatic nitrogens is 2. The fraction of sp³-hybridized carbons (Fsp3) is 0.133. The van der Waals surface area contributed by atoms with E-state index in [4.69, 9.17) is 9.52 Å². The monoisotopic (exact) mass is 315 g/mol. The number of carbonyl (C=O) groups excluding carboxylic acids is 1. The molecule has 3 rings (SSSR count). The zero-order valence-corrected chi connectivity index (χ0v) is 12.1. The van der Waals surface area contributed by atoms with Crippen molar-refractivity contribution in [3.05, 3.63) is 41.8 Å². The number of amides is 1. The van der Waals surface area contributed by atoms with Gasteiger partial charge in [-0.3, -0.25) is 9.59 Å². The minimum Gasteiger partial charge on any atom is -0.507 e. The van der Waals surface area contributed by atoms with Crippen LogP contribution in [0.25, 0.3) is 11.0 Å². The number of hydrogen-bond acceptors (Lipinski definition) is 5. The van der Waals surface area contributed by atoms with Crippen molar-refractivity contribution in [2.75, 3.05) is 5.32 Å². The number of carboxylic acid groups (broad SMARTS) is 1. The van der Waals surface area contributed by atoms with Gasteiger partial charge in [0.2, 0.25) is 0 Å². The van der Waals surface area contributed by atoms with Crippen LogP contribution in [0.5, 0.6) is 5.75 Å². The zero-order chi connectivity index (χ0) is 16.6. The number of aromatic hydroxyl groups is 1. The Labute approximate surface area is 129 Å². The first-order valence-electron chi connectivity index (χ1n) is 6.72. The Balaban J connectivity index is 1.94. The Morgan fingerprint density at radius 1 is 1.39 bits per heavy atom. The van der Waals surface area contributed by atoms with E-state index in [2.05, 4.69) is 10.4 Å². The number of fused-ring (bicyclic) bond motifs is 1. The van der Waals surface area contributed by atoms with Crippen molar-refractivity contribution in [2.45, 2.75) is 13.5 Å². The van der Waals surface area contributed by atoms with Gasteiger partial charge in [0.1, 0.15) is 30.0 Å². The SMILES string of the molecule is Cc1cc(NC(=O)c2coc3cccc(O)c23)n(CC(=O)O)n1. The van der Waals surface area contributed by atoms with Crippen molar-refractivity contribution in [3.8, 4) is 5.75 Å². The summed E-state index contributed by atoms with van der Waals surface area (Å²) >= 11 is 0. The van der Waals surface area contributed by atoms with Crippen LogP contribution >= 0.6 is 0 Å². The molecule has 0 aliphatic rings. The standard InChI is InChI=1S/C15H13N3O5/c1-8-5-12(18(17-8)6-13(20)21)16-15(22)9-7-23-11-4-2-3-10(19)14(9)11/h2-5,7,19H,6H2,1H3,(H,16,22)(H,20,21). The fourth-order valence-electron chi connectivity index (χ4n) is 2.32. The molecule has 2 aromatic heterocycles. The van der Waals surface area contributed by atoms with Crippen molar-refractivity contribution < 1.29 is 24.2 Å². The number of hydrogen-bond donors (Lipinski definition) is 3. The summed E-state index contributed by atoms with van der Waals surface area (Å²) < 4.78 is 6.43. The number of nitrogens with zero attached hydrogens (tertiary/aromatic N) is 2. The van der Waals surface area contributed by atoms with E-state index in [1.165, 1.54) is 17.0 Å². The molecule has 118 valence electrons. The van der Waals surface area contributed by atoms with Gasteiger partial charge in [0.05, 0.1) is 16.6 Å². The number of nitrogens with one attached hydrogen (secondary N) is 1. The number of phenolic OH excluding ortho intramolecular Hbond substituents is 1. The molecule has 8 heteroatoms. The van der Waals surface area contributed by atoms with Gasteiger partial charge in [-0.25, -0.2) is 4.68 Å². The number of carbonyl (C=O) groups is 2. The molecule has 0 unspecified atom stereocenters. The first kappa shape index (κ1) is 14.6. The number of phenols is 1. The topological polar surface area (TPSA) is 118 Å². The van der Waals surface area contributed by atoms with Gasteiger partial charge < -0.3 is 19.9 Å². The van der Waals surface area contributed by atoms with Crippen LogP contribution in [-0.2, 0) is 11.3 Å². The number of aryl methyl sites for hydroxylation is 1. The molecule has 0 spiro atoms. The van der Waals surface area contributed by atoms with Crippen LogP contribution in [0.2, 0.25) is 0 Å². The van der Waals surface area contributed by atoms with Gasteiger partial charge >= 0.3 is 5.97 Å². The number of anilines is 1. The van der Waals surface area contributed by atoms with E-state index in [1.54, 1.807) is 25.1 Å². The van der Waals surface area contributed by atoms with E-state index in [0.717, 1.165) is 0 Å². The largest absolute Gasteiger partial charge is 0.507 e. The Hall–Kier alpha value is -3.29. The maximum absolute atomic E-state index is 12.4. The van der Waals surface area contributed by atoms with Gasteiger partial charge in [0, 0.05) is 6.07 Å². The second kappa shape index (κ2) is 5.48. The number of aliphatic carboxylic acids is 1. The molecule has 2 heterocycles. The summed E-state index contributed by atoms with van der Waals surface area (Å²) in [4.78, 5) is 23.3. The summed E-state index contributed by atoms with van der Waals surface area (Å²) in [6.45, 7) is 1.31. The first-order chi connectivity index (χ1) is 11.0. The van der Waals surface area contributed by atoms with Gasteiger partial charge in [0.25, 0.3) is 5.91 Å². The van der Waals surface area contributed by atoms with Gasteiger partial charge in [-0.05, 0) is 19.1 Å². The van der Waals surface area contributed by atoms with E-state index in [0.29, 0.717) is 16.7 Å². The van der Waals surface area contributed by atoms with Crippen LogP contribution in [0.4, 0.5) is 5.82 Å². The Bertz CT molecular complexity index is 909. The molecule has 23 heavy (non-hydrogen) atoms. The summed E-state index contributed by atoms with van der Waals surface area (Å²) in [5.74, 6) is -1.43. The Kier molecular flexibility index (Phi) is 3.49. The maximum Gasteiger partial charge on any atom is 0.325 e. The molecule has 0 aliphatic carbocycles. The molecule has 0 saturated heterocycles. The summed E-state index contributed by atoms with van der Waals surface area (Å²) in [7, 11) is 0. The molecule has 3 aromatic rings. The molecule has 0 saturated carbocycles. The molecular formula is C15H13N3O5. The van der Waals surface area contributed by atoms with Crippen LogP contribution in [0.15, 0.2) is 34.9 Å². The highest BCUT2D eigenvalue weighted by Crippen LogP contribution is 2.30. The van der Waals surface area contributed by atoms with E-state index in [9.17, 15) is 14.7 Å². The molecule has 0 fully saturated rings. The second-order valence-electron chi connectivity index (χ2n) is 4.98. The lowest BCUT2D eigenvalue weighted by atomic mass is 10.1. The molecule has 0 bridgehead atoms. The maximum atomic E-state index is 12.4. The Morgan fingerprint density at radius 2 is 2.17 bits per heavy atom. The smallest absolute Gasteiger partial charge is 0.325 e. The van der Waals surface area contributed by atoms with Crippen molar-refractivity contribution in [1.82, 2.24) is 9.78 Å². The highest BCUT2D eigenvalue weighted by Gasteiger charge is 2.19. The predicted octanol–water partition coefficient (Wildman–Crippen LogP) is 1.98. The van der Waals surface area contributed by atoms with Crippen LogP contribution in [-0.4, -0.2) is 31.9 Å². The Morgan fingerprint density at radius 3 is 2.91 bits per heavy atom. The van der Waals surface area contributed by atoms with Crippen LogP contribution in [0, 0.1) is 6.92 Å². The highest BCUT2D eigenvalue weighted by molar-refractivity contribution is 6.13. The summed E-state index contributed by atoms with van der Waals surface area (Å²) in [6, 6.07) is 6.25. The summed E-state index contributed by atoms with van der Waals surface area (Å²) in [5, 5.41) is 25.7. The van der Waals surface area contributed by atoms with E-state index >= 15 is 0 Å². The molecule has 0 aliphatic heterocycles. The van der Waals surface area contributed by atoms with Gasteiger partial charge in [0.15, 0.2) is 0 Å². The first-order valence-corrected chi connectivity index (χ1v) is 6.72. The van der Waals surface area contributed by atoms with Crippen LogP contribution in [0.1, 0.15) is 16.1 Å². The quantitative estimate of drug-likeness (QED) is 0.677. The molecule has 3 N–H and O–H groups in total. The van der Waals surface area contributed by atoms with E-state index in [1.807, 2.05) is 0 Å². The summed E-state index contributed by atoms with van der Waals surface area (Å²) in [5.41, 5.74) is 1.10. The van der Waals surface area contributed by atoms with Crippen molar-refractivity contribution >= 4 is 28.7 Å². The van der Waals surface area contributed by atoms with Gasteiger partial charge in [-0.15, -0.1) is 0 Å². The summed E-state index contributed by atoms with van der Waals surface area (Å²) in [6.07, 6.45) is 1.24. The second-order valence-corrected chi connectivity index (χ2v) is 4.98. The third-order valence-corrected chi connectivity index (χ3v) is 3.25. The fourth-order valence-corrected chi connectivity index (χ4v) is 2.32. The number of carboxylic acids is 1. The predicted molar refractivity (Wildman–Crippen MR) is 80.4 cm³/mol. The minimum absolute atomic E-state index is 0.0726. The molecular weight excluding hydrogens is 302 g/mol. The number of benzene rings is 1. The lowest BCUT2D eigenvalue weighted by molar-refractivity contribution is -0.137. The minimum atomic E-state index is -1.07. The third kappa shape index (κ3) is 2.73.